The van der Waals surface area contributed by atoms with E-state index in [1.807, 2.05) is 48.2 Å². The van der Waals surface area contributed by atoms with Gasteiger partial charge < -0.3 is 10.2 Å². The van der Waals surface area contributed by atoms with E-state index in [1.165, 1.54) is 12.8 Å². The summed E-state index contributed by atoms with van der Waals surface area (Å²) in [5.74, 6) is 1.69. The van der Waals surface area contributed by atoms with Crippen molar-refractivity contribution in [2.24, 2.45) is 0 Å². The lowest BCUT2D eigenvalue weighted by atomic mass is 10.1. The average molecular weight is 411 g/mol. The molecule has 0 atom stereocenters. The molecule has 7 nitrogen and oxygen atoms in total. The van der Waals surface area contributed by atoms with E-state index < -0.39 is 0 Å². The topological polar surface area (TPSA) is 75.9 Å². The third-order valence-corrected chi connectivity index (χ3v) is 6.24. The molecule has 4 rings (SSSR count). The van der Waals surface area contributed by atoms with E-state index in [1.54, 1.807) is 11.3 Å². The summed E-state index contributed by atoms with van der Waals surface area (Å²) in [5.41, 5.74) is 3.04. The number of carbonyl (C=O) groups excluding carboxylic acids is 1. The Bertz CT molecular complexity index is 958. The molecule has 1 aliphatic rings. The van der Waals surface area contributed by atoms with Gasteiger partial charge in [-0.2, -0.15) is 5.10 Å². The maximum atomic E-state index is 12.2. The van der Waals surface area contributed by atoms with Gasteiger partial charge in [-0.25, -0.2) is 4.68 Å². The Hall–Kier alpha value is -2.74. The third kappa shape index (κ3) is 4.48. The van der Waals surface area contributed by atoms with Crippen molar-refractivity contribution in [2.45, 2.75) is 46.1 Å². The summed E-state index contributed by atoms with van der Waals surface area (Å²) >= 11 is 1.65. The molecule has 1 fully saturated rings. The van der Waals surface area contributed by atoms with E-state index in [9.17, 15) is 4.79 Å². The van der Waals surface area contributed by atoms with Gasteiger partial charge in [-0.1, -0.05) is 6.07 Å². The number of rotatable bonds is 7. The highest BCUT2D eigenvalue weighted by Crippen LogP contribution is 2.21. The molecule has 3 aromatic rings. The summed E-state index contributed by atoms with van der Waals surface area (Å²) in [5, 5.41) is 18.4. The van der Waals surface area contributed by atoms with Crippen LogP contribution in [0.4, 0.5) is 5.82 Å². The van der Waals surface area contributed by atoms with Crippen LogP contribution in [-0.2, 0) is 17.8 Å². The standard InChI is InChI=1S/C21H26N6OS/c1-15-18(7-10-21(28)22-14-17-6-5-13-29-17)16(2)27(25-15)20-9-8-19(23-24-20)26-11-3-4-12-26/h5-6,8-9,13H,3-4,7,10-12,14H2,1-2H3,(H,22,28). The van der Waals surface area contributed by atoms with Crippen molar-refractivity contribution in [3.8, 4) is 5.82 Å². The van der Waals surface area contributed by atoms with Crippen molar-refractivity contribution >= 4 is 23.1 Å². The molecular weight excluding hydrogens is 384 g/mol. The summed E-state index contributed by atoms with van der Waals surface area (Å²) in [6.07, 6.45) is 3.53. The molecule has 1 aliphatic heterocycles. The first-order valence-corrected chi connectivity index (χ1v) is 10.9. The molecule has 1 N–H and O–H groups in total. The van der Waals surface area contributed by atoms with Crippen LogP contribution < -0.4 is 10.2 Å². The summed E-state index contributed by atoms with van der Waals surface area (Å²) in [6, 6.07) is 8.01. The second kappa shape index (κ2) is 8.73. The molecule has 0 unspecified atom stereocenters. The molecular formula is C21H26N6OS. The van der Waals surface area contributed by atoms with E-state index >= 15 is 0 Å². The number of hydrogen-bond donors (Lipinski definition) is 1. The minimum atomic E-state index is 0.0553. The van der Waals surface area contributed by atoms with Gasteiger partial charge in [-0.15, -0.1) is 21.5 Å². The SMILES string of the molecule is Cc1nn(-c2ccc(N3CCCC3)nn2)c(C)c1CCC(=O)NCc1cccs1. The molecule has 0 aliphatic carbocycles. The molecule has 152 valence electrons. The van der Waals surface area contributed by atoms with Crippen molar-refractivity contribution in [1.82, 2.24) is 25.3 Å². The Morgan fingerprint density at radius 1 is 1.14 bits per heavy atom. The van der Waals surface area contributed by atoms with Gasteiger partial charge in [0.15, 0.2) is 11.6 Å². The number of nitrogens with zero attached hydrogens (tertiary/aromatic N) is 5. The van der Waals surface area contributed by atoms with Crippen LogP contribution in [-0.4, -0.2) is 39.0 Å². The molecule has 4 heterocycles. The lowest BCUT2D eigenvalue weighted by Gasteiger charge is -2.15. The van der Waals surface area contributed by atoms with E-state index in [4.69, 9.17) is 0 Å². The van der Waals surface area contributed by atoms with Gasteiger partial charge in [0, 0.05) is 30.1 Å². The maximum absolute atomic E-state index is 12.2. The summed E-state index contributed by atoms with van der Waals surface area (Å²) < 4.78 is 1.83. The van der Waals surface area contributed by atoms with Gasteiger partial charge in [-0.3, -0.25) is 4.79 Å². The Labute approximate surface area is 174 Å². The number of carbonyl (C=O) groups is 1. The van der Waals surface area contributed by atoms with Crippen LogP contribution in [0.25, 0.3) is 5.82 Å². The molecule has 29 heavy (non-hydrogen) atoms. The quantitative estimate of drug-likeness (QED) is 0.647. The highest BCUT2D eigenvalue weighted by molar-refractivity contribution is 7.09. The number of hydrogen-bond acceptors (Lipinski definition) is 6. The monoisotopic (exact) mass is 410 g/mol. The molecule has 1 amide bonds. The smallest absolute Gasteiger partial charge is 0.220 e. The van der Waals surface area contributed by atoms with Crippen LogP contribution in [0.2, 0.25) is 0 Å². The van der Waals surface area contributed by atoms with Gasteiger partial charge in [0.25, 0.3) is 0 Å². The molecule has 0 saturated carbocycles. The first-order chi connectivity index (χ1) is 14.1. The fourth-order valence-corrected chi connectivity index (χ4v) is 4.38. The Balaban J connectivity index is 1.40. The largest absolute Gasteiger partial charge is 0.355 e. The van der Waals surface area contributed by atoms with Crippen LogP contribution >= 0.6 is 11.3 Å². The number of amides is 1. The number of aryl methyl sites for hydroxylation is 1. The minimum absolute atomic E-state index is 0.0553. The molecule has 0 radical (unpaired) electrons. The highest BCUT2D eigenvalue weighted by atomic mass is 32.1. The van der Waals surface area contributed by atoms with Crippen LogP contribution in [0.15, 0.2) is 29.6 Å². The van der Waals surface area contributed by atoms with Crippen LogP contribution in [0.3, 0.4) is 0 Å². The predicted octanol–water partition coefficient (Wildman–Crippen LogP) is 3.19. The molecule has 8 heteroatoms. The molecule has 0 bridgehead atoms. The van der Waals surface area contributed by atoms with Crippen molar-refractivity contribution in [1.29, 1.82) is 0 Å². The third-order valence-electron chi connectivity index (χ3n) is 5.37. The van der Waals surface area contributed by atoms with Gasteiger partial charge in [0.05, 0.1) is 12.2 Å². The van der Waals surface area contributed by atoms with E-state index in [0.29, 0.717) is 25.2 Å². The number of anilines is 1. The fraction of sp³-hybridized carbons (Fsp3) is 0.429. The molecule has 3 aromatic heterocycles. The zero-order chi connectivity index (χ0) is 20.2. The zero-order valence-corrected chi connectivity index (χ0v) is 17.7. The summed E-state index contributed by atoms with van der Waals surface area (Å²) in [6.45, 7) is 6.69. The highest BCUT2D eigenvalue weighted by Gasteiger charge is 2.17. The maximum Gasteiger partial charge on any atom is 0.220 e. The molecule has 0 aromatic carbocycles. The first-order valence-electron chi connectivity index (χ1n) is 10.0. The summed E-state index contributed by atoms with van der Waals surface area (Å²) in [4.78, 5) is 15.6. The normalized spacial score (nSPS) is 13.8. The predicted molar refractivity (Wildman–Crippen MR) is 115 cm³/mol. The van der Waals surface area contributed by atoms with Gasteiger partial charge >= 0.3 is 0 Å². The molecule has 0 spiro atoms. The van der Waals surface area contributed by atoms with Crippen molar-refractivity contribution in [2.75, 3.05) is 18.0 Å². The fourth-order valence-electron chi connectivity index (χ4n) is 3.73. The van der Waals surface area contributed by atoms with Crippen LogP contribution in [0, 0.1) is 13.8 Å². The number of nitrogens with one attached hydrogen (secondary N) is 1. The molecule has 1 saturated heterocycles. The van der Waals surface area contributed by atoms with Crippen molar-refractivity contribution in [3.63, 3.8) is 0 Å². The number of thiophene rings is 1. The second-order valence-electron chi connectivity index (χ2n) is 7.36. The van der Waals surface area contributed by atoms with Crippen molar-refractivity contribution in [3.05, 3.63) is 51.5 Å². The zero-order valence-electron chi connectivity index (χ0n) is 16.9. The summed E-state index contributed by atoms with van der Waals surface area (Å²) in [7, 11) is 0. The minimum Gasteiger partial charge on any atom is -0.355 e. The van der Waals surface area contributed by atoms with E-state index in [0.717, 1.165) is 40.7 Å². The van der Waals surface area contributed by atoms with E-state index in [-0.39, 0.29) is 5.91 Å². The Morgan fingerprint density at radius 3 is 2.59 bits per heavy atom. The van der Waals surface area contributed by atoms with E-state index in [2.05, 4.69) is 25.5 Å². The lowest BCUT2D eigenvalue weighted by molar-refractivity contribution is -0.121. The van der Waals surface area contributed by atoms with Gasteiger partial charge in [0.2, 0.25) is 5.91 Å². The Morgan fingerprint density at radius 2 is 1.90 bits per heavy atom. The van der Waals surface area contributed by atoms with Crippen LogP contribution in [0.1, 0.15) is 41.1 Å². The van der Waals surface area contributed by atoms with Gasteiger partial charge in [0.1, 0.15) is 0 Å². The average Bonchev–Trinajstić information content (AvgIpc) is 3.48. The van der Waals surface area contributed by atoms with Gasteiger partial charge in [-0.05, 0) is 62.3 Å². The Kier molecular flexibility index (Phi) is 5.89. The number of aromatic nitrogens is 4. The lowest BCUT2D eigenvalue weighted by Crippen LogP contribution is -2.22. The van der Waals surface area contributed by atoms with Crippen molar-refractivity contribution < 1.29 is 4.79 Å². The van der Waals surface area contributed by atoms with Crippen LogP contribution in [0.5, 0.6) is 0 Å². The first kappa shape index (κ1) is 19.6. The second-order valence-corrected chi connectivity index (χ2v) is 8.39.